The number of amides is 1. The molecular weight excluding hydrogens is 375 g/mol. The minimum atomic E-state index is -3.12. The van der Waals surface area contributed by atoms with Crippen LogP contribution in [0.3, 0.4) is 0 Å². The van der Waals surface area contributed by atoms with Crippen molar-refractivity contribution in [3.05, 3.63) is 58.9 Å². The number of hydrogen-bond acceptors (Lipinski definition) is 4. The van der Waals surface area contributed by atoms with Crippen molar-refractivity contribution in [1.82, 2.24) is 0 Å². The molecule has 0 fully saturated rings. The monoisotopic (exact) mass is 387 g/mol. The zero-order valence-corrected chi connectivity index (χ0v) is 14.1. The van der Waals surface area contributed by atoms with E-state index in [1.165, 1.54) is 37.3 Å². The van der Waals surface area contributed by atoms with Gasteiger partial charge in [-0.1, -0.05) is 23.7 Å². The molecule has 0 bridgehead atoms. The number of anilines is 1. The summed E-state index contributed by atoms with van der Waals surface area (Å²) in [6.07, 6.45) is -1.27. The molecule has 0 heterocycles. The first-order valence-electron chi connectivity index (χ1n) is 7.28. The molecule has 1 N–H and O–H groups in total. The van der Waals surface area contributed by atoms with E-state index >= 15 is 0 Å². The number of carbonyl (C=O) groups excluding carboxylic acids is 2. The molecule has 9 heteroatoms. The summed E-state index contributed by atoms with van der Waals surface area (Å²) in [7, 11) is 0. The van der Waals surface area contributed by atoms with Crippen LogP contribution in [0, 0.1) is 5.82 Å². The zero-order valence-electron chi connectivity index (χ0n) is 13.3. The maximum Gasteiger partial charge on any atom is 0.387 e. The van der Waals surface area contributed by atoms with E-state index in [-0.39, 0.29) is 22.0 Å². The lowest BCUT2D eigenvalue weighted by molar-refractivity contribution is -0.123. The van der Waals surface area contributed by atoms with E-state index in [1.54, 1.807) is 0 Å². The fourth-order valence-corrected chi connectivity index (χ4v) is 2.15. The molecule has 1 amide bonds. The number of nitrogens with one attached hydrogen (secondary N) is 1. The summed E-state index contributed by atoms with van der Waals surface area (Å²) in [5, 5.41) is 2.34. The number of esters is 1. The van der Waals surface area contributed by atoms with E-state index in [0.717, 1.165) is 12.1 Å². The van der Waals surface area contributed by atoms with Crippen LogP contribution in [0.15, 0.2) is 42.5 Å². The van der Waals surface area contributed by atoms with Gasteiger partial charge >= 0.3 is 12.6 Å². The van der Waals surface area contributed by atoms with Gasteiger partial charge in [0.2, 0.25) is 0 Å². The lowest BCUT2D eigenvalue weighted by Gasteiger charge is -2.15. The number of hydrogen-bond donors (Lipinski definition) is 1. The normalized spacial score (nSPS) is 11.8. The fraction of sp³-hybridized carbons (Fsp3) is 0.176. The summed E-state index contributed by atoms with van der Waals surface area (Å²) >= 11 is 5.80. The summed E-state index contributed by atoms with van der Waals surface area (Å²) in [4.78, 5) is 24.2. The number of para-hydroxylation sites is 1. The first-order chi connectivity index (χ1) is 12.3. The van der Waals surface area contributed by atoms with Crippen LogP contribution in [0.2, 0.25) is 5.02 Å². The fourth-order valence-electron chi connectivity index (χ4n) is 1.94. The first kappa shape index (κ1) is 19.6. The Labute approximate surface area is 151 Å². The molecular formula is C17H13ClF3NO4. The van der Waals surface area contributed by atoms with Gasteiger partial charge in [0.05, 0.1) is 10.7 Å². The third-order valence-corrected chi connectivity index (χ3v) is 3.48. The van der Waals surface area contributed by atoms with Gasteiger partial charge in [-0.25, -0.2) is 9.18 Å². The maximum absolute atomic E-state index is 13.0. The van der Waals surface area contributed by atoms with Gasteiger partial charge < -0.3 is 14.8 Å². The molecule has 1 atom stereocenters. The van der Waals surface area contributed by atoms with E-state index in [1.807, 2.05) is 0 Å². The quantitative estimate of drug-likeness (QED) is 0.752. The largest absolute Gasteiger partial charge is 0.449 e. The highest BCUT2D eigenvalue weighted by Crippen LogP contribution is 2.24. The second kappa shape index (κ2) is 8.57. The Morgan fingerprint density at radius 2 is 1.85 bits per heavy atom. The van der Waals surface area contributed by atoms with Gasteiger partial charge in [-0.05, 0) is 37.3 Å². The molecule has 0 radical (unpaired) electrons. The molecule has 0 saturated carbocycles. The minimum Gasteiger partial charge on any atom is -0.449 e. The van der Waals surface area contributed by atoms with Crippen LogP contribution in [-0.2, 0) is 9.53 Å². The number of ether oxygens (including phenoxy) is 2. The highest BCUT2D eigenvalue weighted by Gasteiger charge is 2.23. The molecule has 0 spiro atoms. The van der Waals surface area contributed by atoms with Gasteiger partial charge in [-0.3, -0.25) is 4.79 Å². The highest BCUT2D eigenvalue weighted by molar-refractivity contribution is 6.33. The third kappa shape index (κ3) is 5.13. The summed E-state index contributed by atoms with van der Waals surface area (Å²) < 4.78 is 47.0. The van der Waals surface area contributed by atoms with Crippen molar-refractivity contribution >= 4 is 29.2 Å². The average Bonchev–Trinajstić information content (AvgIpc) is 2.57. The molecule has 0 aliphatic carbocycles. The SMILES string of the molecule is C[C@@H](OC(=O)c1ccccc1OC(F)F)C(=O)Nc1ccc(F)cc1Cl. The summed E-state index contributed by atoms with van der Waals surface area (Å²) in [6, 6.07) is 8.57. The van der Waals surface area contributed by atoms with Crippen molar-refractivity contribution in [2.75, 3.05) is 5.32 Å². The Balaban J connectivity index is 2.06. The molecule has 2 aromatic rings. The van der Waals surface area contributed by atoms with Gasteiger partial charge in [0.25, 0.3) is 5.91 Å². The molecule has 0 unspecified atom stereocenters. The van der Waals surface area contributed by atoms with E-state index in [2.05, 4.69) is 10.1 Å². The average molecular weight is 388 g/mol. The second-order valence-corrected chi connectivity index (χ2v) is 5.44. The van der Waals surface area contributed by atoms with Crippen LogP contribution in [-0.4, -0.2) is 24.6 Å². The highest BCUT2D eigenvalue weighted by atomic mass is 35.5. The van der Waals surface area contributed by atoms with Crippen LogP contribution >= 0.6 is 11.6 Å². The van der Waals surface area contributed by atoms with Gasteiger partial charge in [-0.15, -0.1) is 0 Å². The topological polar surface area (TPSA) is 64.6 Å². The number of halogens is 4. The van der Waals surface area contributed by atoms with Gasteiger partial charge in [0, 0.05) is 0 Å². The molecule has 5 nitrogen and oxygen atoms in total. The van der Waals surface area contributed by atoms with Crippen LogP contribution in [0.5, 0.6) is 5.75 Å². The Morgan fingerprint density at radius 1 is 1.15 bits per heavy atom. The van der Waals surface area contributed by atoms with E-state index in [0.29, 0.717) is 0 Å². The van der Waals surface area contributed by atoms with E-state index in [9.17, 15) is 22.8 Å². The summed E-state index contributed by atoms with van der Waals surface area (Å²) in [6.45, 7) is -1.84. The smallest absolute Gasteiger partial charge is 0.387 e. The summed E-state index contributed by atoms with van der Waals surface area (Å²) in [5.41, 5.74) is -0.130. The Morgan fingerprint density at radius 3 is 2.50 bits per heavy atom. The number of carbonyl (C=O) groups is 2. The molecule has 26 heavy (non-hydrogen) atoms. The predicted octanol–water partition coefficient (Wildman–Crippen LogP) is 4.26. The van der Waals surface area contributed by atoms with Crippen LogP contribution in [0.25, 0.3) is 0 Å². The van der Waals surface area contributed by atoms with Gasteiger partial charge in [0.15, 0.2) is 6.10 Å². The van der Waals surface area contributed by atoms with Crippen LogP contribution in [0.1, 0.15) is 17.3 Å². The Kier molecular flexibility index (Phi) is 6.46. The number of rotatable bonds is 6. The molecule has 2 aromatic carbocycles. The second-order valence-electron chi connectivity index (χ2n) is 5.04. The molecule has 0 saturated heterocycles. The van der Waals surface area contributed by atoms with Crippen LogP contribution < -0.4 is 10.1 Å². The van der Waals surface area contributed by atoms with Crippen molar-refractivity contribution in [2.24, 2.45) is 0 Å². The number of alkyl halides is 2. The van der Waals surface area contributed by atoms with Crippen LogP contribution in [0.4, 0.5) is 18.9 Å². The standard InChI is InChI=1S/C17H13ClF3NO4/c1-9(15(23)22-13-7-6-10(19)8-12(13)18)25-16(24)11-4-2-3-5-14(11)26-17(20)21/h2-9,17H,1H3,(H,22,23)/t9-/m1/s1. The first-order valence-corrected chi connectivity index (χ1v) is 7.66. The van der Waals surface area contributed by atoms with Gasteiger partial charge in [0.1, 0.15) is 17.1 Å². The molecule has 138 valence electrons. The lowest BCUT2D eigenvalue weighted by atomic mass is 10.2. The van der Waals surface area contributed by atoms with E-state index in [4.69, 9.17) is 16.3 Å². The molecule has 2 rings (SSSR count). The molecule has 0 aliphatic rings. The van der Waals surface area contributed by atoms with E-state index < -0.39 is 30.4 Å². The summed E-state index contributed by atoms with van der Waals surface area (Å²) in [5.74, 6) is -2.71. The molecule has 0 aromatic heterocycles. The maximum atomic E-state index is 13.0. The van der Waals surface area contributed by atoms with Crippen molar-refractivity contribution in [3.8, 4) is 5.75 Å². The molecule has 0 aliphatic heterocycles. The van der Waals surface area contributed by atoms with Gasteiger partial charge in [-0.2, -0.15) is 8.78 Å². The third-order valence-electron chi connectivity index (χ3n) is 3.17. The predicted molar refractivity (Wildman–Crippen MR) is 88.0 cm³/mol. The lowest BCUT2D eigenvalue weighted by Crippen LogP contribution is -2.30. The minimum absolute atomic E-state index is 0.0347. The van der Waals surface area contributed by atoms with Crippen molar-refractivity contribution in [2.45, 2.75) is 19.6 Å². The zero-order chi connectivity index (χ0) is 19.3. The Bertz CT molecular complexity index is 816. The van der Waals surface area contributed by atoms with Crippen molar-refractivity contribution in [3.63, 3.8) is 0 Å². The number of benzene rings is 2. The Hall–Kier alpha value is -2.74. The van der Waals surface area contributed by atoms with Crippen molar-refractivity contribution in [1.29, 1.82) is 0 Å². The van der Waals surface area contributed by atoms with Crippen molar-refractivity contribution < 1.29 is 32.2 Å².